The van der Waals surface area contributed by atoms with Crippen LogP contribution in [0.15, 0.2) is 24.5 Å². The van der Waals surface area contributed by atoms with Crippen molar-refractivity contribution in [2.24, 2.45) is 0 Å². The molecule has 1 spiro atoms. The van der Waals surface area contributed by atoms with Crippen molar-refractivity contribution in [1.29, 1.82) is 0 Å². The van der Waals surface area contributed by atoms with Gasteiger partial charge >= 0.3 is 0 Å². The fourth-order valence-corrected chi connectivity index (χ4v) is 3.95. The molecular formula is C17H27N3. The summed E-state index contributed by atoms with van der Waals surface area (Å²) in [5.74, 6) is 0. The first-order valence-electron chi connectivity index (χ1n) is 8.19. The zero-order valence-corrected chi connectivity index (χ0v) is 12.6. The molecule has 1 aromatic heterocycles. The van der Waals surface area contributed by atoms with Gasteiger partial charge in [0.25, 0.3) is 0 Å². The van der Waals surface area contributed by atoms with Gasteiger partial charge in [0.1, 0.15) is 0 Å². The Morgan fingerprint density at radius 3 is 2.75 bits per heavy atom. The topological polar surface area (TPSA) is 28.2 Å². The normalized spacial score (nSPS) is 26.1. The van der Waals surface area contributed by atoms with E-state index in [-0.39, 0.29) is 0 Å². The molecule has 0 bridgehead atoms. The lowest BCUT2D eigenvalue weighted by molar-refractivity contribution is 0.0689. The standard InChI is InChI=1S/C17H27N3/c1-2-5-16-12-19-17(8-3-4-9-17)14-20(16)13-15-6-10-18-11-7-15/h6-7,10-11,16,19H,2-5,8-9,12-14H2,1H3. The molecule has 3 nitrogen and oxygen atoms in total. The van der Waals surface area contributed by atoms with E-state index in [0.717, 1.165) is 6.54 Å². The summed E-state index contributed by atoms with van der Waals surface area (Å²) in [6.45, 7) is 5.76. The average molecular weight is 273 g/mol. The van der Waals surface area contributed by atoms with E-state index in [1.807, 2.05) is 12.4 Å². The second-order valence-corrected chi connectivity index (χ2v) is 6.57. The van der Waals surface area contributed by atoms with Gasteiger partial charge < -0.3 is 5.32 Å². The second kappa shape index (κ2) is 6.23. The van der Waals surface area contributed by atoms with Crippen LogP contribution in [-0.4, -0.2) is 34.6 Å². The lowest BCUT2D eigenvalue weighted by atomic mass is 9.91. The highest BCUT2D eigenvalue weighted by atomic mass is 15.3. The minimum absolute atomic E-state index is 0.414. The van der Waals surface area contributed by atoms with Crippen molar-refractivity contribution in [3.05, 3.63) is 30.1 Å². The van der Waals surface area contributed by atoms with Gasteiger partial charge in [0.2, 0.25) is 0 Å². The van der Waals surface area contributed by atoms with Gasteiger partial charge in [0.05, 0.1) is 0 Å². The maximum Gasteiger partial charge on any atom is 0.0309 e. The molecule has 1 atom stereocenters. The van der Waals surface area contributed by atoms with E-state index < -0.39 is 0 Å². The van der Waals surface area contributed by atoms with Crippen molar-refractivity contribution in [3.63, 3.8) is 0 Å². The fourth-order valence-electron chi connectivity index (χ4n) is 3.95. The zero-order chi connectivity index (χ0) is 13.8. The number of aromatic nitrogens is 1. The van der Waals surface area contributed by atoms with Crippen LogP contribution >= 0.6 is 0 Å². The van der Waals surface area contributed by atoms with Gasteiger partial charge in [-0.1, -0.05) is 26.2 Å². The molecule has 1 saturated carbocycles. The molecule has 110 valence electrons. The summed E-state index contributed by atoms with van der Waals surface area (Å²) in [4.78, 5) is 6.86. The van der Waals surface area contributed by atoms with Crippen LogP contribution in [0.1, 0.15) is 51.0 Å². The predicted octanol–water partition coefficient (Wildman–Crippen LogP) is 2.97. The maximum absolute atomic E-state index is 4.13. The Morgan fingerprint density at radius 2 is 2.05 bits per heavy atom. The van der Waals surface area contributed by atoms with E-state index >= 15 is 0 Å². The second-order valence-electron chi connectivity index (χ2n) is 6.57. The first-order valence-corrected chi connectivity index (χ1v) is 8.19. The highest BCUT2D eigenvalue weighted by Crippen LogP contribution is 2.34. The number of hydrogen-bond donors (Lipinski definition) is 1. The van der Waals surface area contributed by atoms with Crippen LogP contribution < -0.4 is 5.32 Å². The van der Waals surface area contributed by atoms with Gasteiger partial charge in [-0.25, -0.2) is 0 Å². The number of piperazine rings is 1. The zero-order valence-electron chi connectivity index (χ0n) is 12.6. The fraction of sp³-hybridized carbons (Fsp3) is 0.706. The van der Waals surface area contributed by atoms with E-state index in [0.29, 0.717) is 11.6 Å². The van der Waals surface area contributed by atoms with Crippen LogP contribution in [0.5, 0.6) is 0 Å². The van der Waals surface area contributed by atoms with Crippen molar-refractivity contribution in [3.8, 4) is 0 Å². The van der Waals surface area contributed by atoms with Crippen molar-refractivity contribution >= 4 is 0 Å². The van der Waals surface area contributed by atoms with Crippen molar-refractivity contribution < 1.29 is 0 Å². The lowest BCUT2D eigenvalue weighted by Gasteiger charge is -2.46. The Morgan fingerprint density at radius 1 is 1.30 bits per heavy atom. The Labute approximate surface area is 122 Å². The molecule has 2 fully saturated rings. The van der Waals surface area contributed by atoms with E-state index in [1.54, 1.807) is 0 Å². The first kappa shape index (κ1) is 14.0. The molecule has 1 saturated heterocycles. The third-order valence-electron chi connectivity index (χ3n) is 5.05. The SMILES string of the molecule is CCCC1CNC2(CCCC2)CN1Cc1ccncc1. The molecule has 1 unspecified atom stereocenters. The highest BCUT2D eigenvalue weighted by molar-refractivity contribution is 5.11. The summed E-state index contributed by atoms with van der Waals surface area (Å²) >= 11 is 0. The molecular weight excluding hydrogens is 246 g/mol. The van der Waals surface area contributed by atoms with Crippen LogP contribution in [0, 0.1) is 0 Å². The van der Waals surface area contributed by atoms with Crippen LogP contribution in [0.25, 0.3) is 0 Å². The minimum Gasteiger partial charge on any atom is -0.308 e. The summed E-state index contributed by atoms with van der Waals surface area (Å²) in [6.07, 6.45) is 11.9. The van der Waals surface area contributed by atoms with Gasteiger partial charge in [-0.3, -0.25) is 9.88 Å². The number of hydrogen-bond acceptors (Lipinski definition) is 3. The molecule has 1 aromatic rings. The van der Waals surface area contributed by atoms with Crippen LogP contribution in [-0.2, 0) is 6.54 Å². The Bertz CT molecular complexity index is 412. The summed E-state index contributed by atoms with van der Waals surface area (Å²) < 4.78 is 0. The molecule has 0 radical (unpaired) electrons. The largest absolute Gasteiger partial charge is 0.308 e. The first-order chi connectivity index (χ1) is 9.81. The third kappa shape index (κ3) is 3.04. The van der Waals surface area contributed by atoms with Crippen LogP contribution in [0.3, 0.4) is 0 Å². The maximum atomic E-state index is 4.13. The van der Waals surface area contributed by atoms with Gasteiger partial charge in [-0.2, -0.15) is 0 Å². The highest BCUT2D eigenvalue weighted by Gasteiger charge is 2.40. The lowest BCUT2D eigenvalue weighted by Crippen LogP contribution is -2.62. The van der Waals surface area contributed by atoms with Crippen molar-refractivity contribution in [2.75, 3.05) is 13.1 Å². The Balaban J connectivity index is 1.71. The smallest absolute Gasteiger partial charge is 0.0309 e. The minimum atomic E-state index is 0.414. The Hall–Kier alpha value is -0.930. The van der Waals surface area contributed by atoms with Crippen LogP contribution in [0.4, 0.5) is 0 Å². The molecule has 2 aliphatic rings. The number of rotatable bonds is 4. The molecule has 1 aliphatic heterocycles. The molecule has 2 heterocycles. The summed E-state index contributed by atoms with van der Waals surface area (Å²) in [7, 11) is 0. The van der Waals surface area contributed by atoms with E-state index in [2.05, 4.69) is 34.3 Å². The van der Waals surface area contributed by atoms with Gasteiger partial charge in [-0.15, -0.1) is 0 Å². The Kier molecular flexibility index (Phi) is 4.37. The third-order valence-corrected chi connectivity index (χ3v) is 5.05. The molecule has 0 aromatic carbocycles. The predicted molar refractivity (Wildman–Crippen MR) is 82.5 cm³/mol. The molecule has 1 aliphatic carbocycles. The monoisotopic (exact) mass is 273 g/mol. The summed E-state index contributed by atoms with van der Waals surface area (Å²) in [5, 5.41) is 3.89. The van der Waals surface area contributed by atoms with Crippen molar-refractivity contribution in [2.45, 2.75) is 63.6 Å². The number of nitrogens with one attached hydrogen (secondary N) is 1. The molecule has 3 heteroatoms. The molecule has 20 heavy (non-hydrogen) atoms. The van der Waals surface area contributed by atoms with E-state index in [9.17, 15) is 0 Å². The molecule has 1 N–H and O–H groups in total. The quantitative estimate of drug-likeness (QED) is 0.914. The van der Waals surface area contributed by atoms with Crippen molar-refractivity contribution in [1.82, 2.24) is 15.2 Å². The molecule has 3 rings (SSSR count). The van der Waals surface area contributed by atoms with E-state index in [4.69, 9.17) is 0 Å². The van der Waals surface area contributed by atoms with Gasteiger partial charge in [0, 0.05) is 43.6 Å². The number of pyridine rings is 1. The number of nitrogens with zero attached hydrogens (tertiary/aromatic N) is 2. The van der Waals surface area contributed by atoms with Crippen LogP contribution in [0.2, 0.25) is 0 Å². The summed E-state index contributed by atoms with van der Waals surface area (Å²) in [5.41, 5.74) is 1.81. The van der Waals surface area contributed by atoms with E-state index in [1.165, 1.54) is 57.2 Å². The molecule has 0 amide bonds. The van der Waals surface area contributed by atoms with Gasteiger partial charge in [-0.05, 0) is 37.0 Å². The average Bonchev–Trinajstić information content (AvgIpc) is 2.92. The van der Waals surface area contributed by atoms with Gasteiger partial charge in [0.15, 0.2) is 0 Å². The summed E-state index contributed by atoms with van der Waals surface area (Å²) in [6, 6.07) is 5.01.